The van der Waals surface area contributed by atoms with Gasteiger partial charge in [0, 0.05) is 30.9 Å². The number of nitro groups is 1. The molecule has 0 aliphatic rings. The van der Waals surface area contributed by atoms with Crippen LogP contribution in [0, 0.1) is 21.4 Å². The first-order valence-electron chi connectivity index (χ1n) is 10.2. The summed E-state index contributed by atoms with van der Waals surface area (Å²) in [6.07, 6.45) is 0.417. The first-order chi connectivity index (χ1) is 15.7. The standard InChI is InChI=1S/C24H23N5O3/c25-15-4-16-28(17-18-32-19-20-5-2-1-3-6-20)23-11-7-21(8-12-23)26-27-22-9-13-24(14-10-22)29(30)31/h1-3,5-14H,4,16-19H2. The lowest BCUT2D eigenvalue weighted by Crippen LogP contribution is -2.28. The van der Waals surface area contributed by atoms with Crippen LogP contribution in [0.4, 0.5) is 22.7 Å². The number of ether oxygens (including phenoxy) is 1. The predicted molar refractivity (Wildman–Crippen MR) is 122 cm³/mol. The molecule has 0 saturated carbocycles. The van der Waals surface area contributed by atoms with E-state index in [-0.39, 0.29) is 5.69 Å². The van der Waals surface area contributed by atoms with Crippen LogP contribution < -0.4 is 4.90 Å². The molecule has 32 heavy (non-hydrogen) atoms. The van der Waals surface area contributed by atoms with E-state index in [0.717, 1.165) is 11.3 Å². The van der Waals surface area contributed by atoms with Crippen LogP contribution in [-0.2, 0) is 11.3 Å². The summed E-state index contributed by atoms with van der Waals surface area (Å²) in [4.78, 5) is 12.4. The molecular formula is C24H23N5O3. The Hall–Kier alpha value is -4.09. The van der Waals surface area contributed by atoms with Gasteiger partial charge in [0.05, 0.1) is 42.0 Å². The molecule has 0 bridgehead atoms. The van der Waals surface area contributed by atoms with Crippen molar-refractivity contribution in [2.45, 2.75) is 13.0 Å². The third kappa shape index (κ3) is 7.00. The van der Waals surface area contributed by atoms with Crippen molar-refractivity contribution in [3.63, 3.8) is 0 Å². The van der Waals surface area contributed by atoms with Crippen LogP contribution in [0.1, 0.15) is 12.0 Å². The van der Waals surface area contributed by atoms with Gasteiger partial charge in [0.2, 0.25) is 0 Å². The van der Waals surface area contributed by atoms with E-state index in [9.17, 15) is 10.1 Å². The summed E-state index contributed by atoms with van der Waals surface area (Å²) in [7, 11) is 0. The topological polar surface area (TPSA) is 104 Å². The molecule has 0 atom stereocenters. The lowest BCUT2D eigenvalue weighted by Gasteiger charge is -2.23. The molecule has 0 spiro atoms. The fourth-order valence-corrected chi connectivity index (χ4v) is 2.98. The maximum atomic E-state index is 10.7. The van der Waals surface area contributed by atoms with Gasteiger partial charge < -0.3 is 9.64 Å². The minimum absolute atomic E-state index is 0.0125. The van der Waals surface area contributed by atoms with E-state index in [4.69, 9.17) is 10.00 Å². The van der Waals surface area contributed by atoms with Crippen LogP contribution in [0.5, 0.6) is 0 Å². The highest BCUT2D eigenvalue weighted by molar-refractivity contribution is 5.53. The zero-order chi connectivity index (χ0) is 22.6. The van der Waals surface area contributed by atoms with Crippen molar-refractivity contribution < 1.29 is 9.66 Å². The van der Waals surface area contributed by atoms with E-state index in [1.807, 2.05) is 54.6 Å². The van der Waals surface area contributed by atoms with E-state index in [1.54, 1.807) is 12.1 Å². The van der Waals surface area contributed by atoms with Crippen LogP contribution in [-0.4, -0.2) is 24.6 Å². The van der Waals surface area contributed by atoms with Gasteiger partial charge in [0.1, 0.15) is 0 Å². The van der Waals surface area contributed by atoms with E-state index in [2.05, 4.69) is 21.2 Å². The molecule has 3 aromatic carbocycles. The molecule has 0 fully saturated rings. The van der Waals surface area contributed by atoms with Crippen molar-refractivity contribution in [2.75, 3.05) is 24.6 Å². The smallest absolute Gasteiger partial charge is 0.269 e. The monoisotopic (exact) mass is 429 g/mol. The van der Waals surface area contributed by atoms with E-state index >= 15 is 0 Å². The summed E-state index contributed by atoms with van der Waals surface area (Å²) < 4.78 is 5.79. The van der Waals surface area contributed by atoms with E-state index in [1.165, 1.54) is 12.1 Å². The Labute approximate surface area is 186 Å². The number of rotatable bonds is 11. The van der Waals surface area contributed by atoms with Crippen LogP contribution in [0.25, 0.3) is 0 Å². The molecule has 3 rings (SSSR count). The van der Waals surface area contributed by atoms with Crippen LogP contribution in [0.3, 0.4) is 0 Å². The van der Waals surface area contributed by atoms with Gasteiger partial charge in [-0.15, -0.1) is 0 Å². The van der Waals surface area contributed by atoms with Gasteiger partial charge in [0.15, 0.2) is 0 Å². The first kappa shape index (κ1) is 22.6. The largest absolute Gasteiger partial charge is 0.375 e. The second-order valence-corrected chi connectivity index (χ2v) is 6.92. The molecule has 3 aromatic rings. The van der Waals surface area contributed by atoms with Gasteiger partial charge in [-0.3, -0.25) is 10.1 Å². The highest BCUT2D eigenvalue weighted by Crippen LogP contribution is 2.24. The predicted octanol–water partition coefficient (Wildman–Crippen LogP) is 5.95. The number of azo groups is 1. The van der Waals surface area contributed by atoms with E-state index < -0.39 is 4.92 Å². The molecule has 162 valence electrons. The average Bonchev–Trinajstić information content (AvgIpc) is 2.83. The molecule has 0 amide bonds. The van der Waals surface area contributed by atoms with Gasteiger partial charge in [-0.05, 0) is 42.0 Å². The fraction of sp³-hybridized carbons (Fsp3) is 0.208. The Morgan fingerprint density at radius 3 is 2.12 bits per heavy atom. The molecule has 0 unspecified atom stereocenters. The zero-order valence-corrected chi connectivity index (χ0v) is 17.5. The summed E-state index contributed by atoms with van der Waals surface area (Å²) >= 11 is 0. The second kappa shape index (κ2) is 11.9. The first-order valence-corrected chi connectivity index (χ1v) is 10.2. The molecule has 0 aromatic heterocycles. The van der Waals surface area contributed by atoms with Crippen LogP contribution >= 0.6 is 0 Å². The van der Waals surface area contributed by atoms with Gasteiger partial charge >= 0.3 is 0 Å². The Kier molecular flexibility index (Phi) is 8.42. The Morgan fingerprint density at radius 2 is 1.53 bits per heavy atom. The minimum Gasteiger partial charge on any atom is -0.375 e. The summed E-state index contributed by atoms with van der Waals surface area (Å²) in [5, 5.41) is 28.0. The quantitative estimate of drug-likeness (QED) is 0.162. The minimum atomic E-state index is -0.454. The maximum absolute atomic E-state index is 10.7. The van der Waals surface area contributed by atoms with Gasteiger partial charge in [-0.25, -0.2) is 0 Å². The number of non-ortho nitro benzene ring substituents is 1. The summed E-state index contributed by atoms with van der Waals surface area (Å²) in [5.74, 6) is 0. The number of nitrogens with zero attached hydrogens (tertiary/aromatic N) is 5. The van der Waals surface area contributed by atoms with Crippen molar-refractivity contribution >= 4 is 22.7 Å². The van der Waals surface area contributed by atoms with Crippen LogP contribution in [0.2, 0.25) is 0 Å². The Bertz CT molecular complexity index is 1060. The number of anilines is 1. The van der Waals surface area contributed by atoms with Crippen molar-refractivity contribution in [1.82, 2.24) is 0 Å². The lowest BCUT2D eigenvalue weighted by atomic mass is 10.2. The molecule has 0 saturated heterocycles. The summed E-state index contributed by atoms with van der Waals surface area (Å²) in [5.41, 5.74) is 3.30. The molecule has 0 N–H and O–H groups in total. The van der Waals surface area contributed by atoms with Gasteiger partial charge in [0.25, 0.3) is 5.69 Å². The number of nitriles is 1. The molecule has 8 nitrogen and oxygen atoms in total. The maximum Gasteiger partial charge on any atom is 0.269 e. The van der Waals surface area contributed by atoms with Crippen molar-refractivity contribution in [1.29, 1.82) is 5.26 Å². The number of nitro benzene ring substituents is 1. The molecule has 0 heterocycles. The lowest BCUT2D eigenvalue weighted by molar-refractivity contribution is -0.384. The number of benzene rings is 3. The van der Waals surface area contributed by atoms with Gasteiger partial charge in [-0.2, -0.15) is 15.5 Å². The normalized spacial score (nSPS) is 10.7. The summed E-state index contributed by atoms with van der Waals surface area (Å²) in [6.45, 7) is 2.36. The molecule has 0 aliphatic carbocycles. The summed E-state index contributed by atoms with van der Waals surface area (Å²) in [6, 6.07) is 25.6. The van der Waals surface area contributed by atoms with Crippen molar-refractivity contribution in [3.8, 4) is 6.07 Å². The van der Waals surface area contributed by atoms with Gasteiger partial charge in [-0.1, -0.05) is 30.3 Å². The second-order valence-electron chi connectivity index (χ2n) is 6.92. The zero-order valence-electron chi connectivity index (χ0n) is 17.5. The number of hydrogen-bond acceptors (Lipinski definition) is 7. The Balaban J connectivity index is 1.57. The highest BCUT2D eigenvalue weighted by Gasteiger charge is 2.07. The SMILES string of the molecule is N#CCCN(CCOCc1ccccc1)c1ccc(N=Nc2ccc([N+](=O)[O-])cc2)cc1. The van der Waals surface area contributed by atoms with Crippen LogP contribution in [0.15, 0.2) is 89.1 Å². The van der Waals surface area contributed by atoms with Crippen molar-refractivity contribution in [3.05, 3.63) is 94.5 Å². The van der Waals surface area contributed by atoms with E-state index in [0.29, 0.717) is 44.1 Å². The van der Waals surface area contributed by atoms with Crippen molar-refractivity contribution in [2.24, 2.45) is 10.2 Å². The molecule has 8 heteroatoms. The molecule has 0 radical (unpaired) electrons. The fourth-order valence-electron chi connectivity index (χ4n) is 2.98. The number of hydrogen-bond donors (Lipinski definition) is 0. The Morgan fingerprint density at radius 1 is 0.906 bits per heavy atom. The highest BCUT2D eigenvalue weighted by atomic mass is 16.6. The third-order valence-electron chi connectivity index (χ3n) is 4.67. The molecular weight excluding hydrogens is 406 g/mol. The molecule has 0 aliphatic heterocycles. The third-order valence-corrected chi connectivity index (χ3v) is 4.67. The average molecular weight is 429 g/mol.